The fourth-order valence-corrected chi connectivity index (χ4v) is 1.33. The van der Waals surface area contributed by atoms with Gasteiger partial charge in [0.15, 0.2) is 0 Å². The molecule has 1 amide bonds. The maximum Gasteiger partial charge on any atom is 0.411 e. The highest BCUT2D eigenvalue weighted by molar-refractivity contribution is 6.22. The third kappa shape index (κ3) is 2.14. The van der Waals surface area contributed by atoms with Crippen LogP contribution in [-0.2, 0) is 4.74 Å². The summed E-state index contributed by atoms with van der Waals surface area (Å²) in [5.41, 5.74) is -0.349. The van der Waals surface area contributed by atoms with E-state index in [1.807, 2.05) is 6.08 Å². The first-order chi connectivity index (χ1) is 5.75. The van der Waals surface area contributed by atoms with Gasteiger partial charge in [0.1, 0.15) is 5.50 Å². The number of carbonyl (C=O) groups excluding carboxylic acids is 1. The second-order valence-electron chi connectivity index (χ2n) is 2.48. The molecule has 1 unspecified atom stereocenters. The molecule has 0 aromatic rings. The van der Waals surface area contributed by atoms with Crippen LogP contribution in [0.15, 0.2) is 12.2 Å². The molecule has 0 saturated carbocycles. The Bertz CT molecular complexity index is 193. The van der Waals surface area contributed by atoms with Gasteiger partial charge >= 0.3 is 6.09 Å². The number of hydrogen-bond donors (Lipinski definition) is 0. The van der Waals surface area contributed by atoms with Crippen LogP contribution < -0.4 is 0 Å². The van der Waals surface area contributed by atoms with Gasteiger partial charge < -0.3 is 4.74 Å². The van der Waals surface area contributed by atoms with Gasteiger partial charge in [0.2, 0.25) is 0 Å². The Balaban J connectivity index is 2.50. The van der Waals surface area contributed by atoms with Gasteiger partial charge in [-0.3, -0.25) is 4.90 Å². The molecule has 0 bridgehead atoms. The van der Waals surface area contributed by atoms with Crippen LogP contribution in [0.5, 0.6) is 0 Å². The first-order valence-corrected chi connectivity index (χ1v) is 4.43. The standard InChI is InChI=1S/C8H12ClNO2/c1-2-12-8(11)10-6-4-3-5-7(10)9/h3,5,7H,2,4,6H2,1H3. The molecule has 0 aromatic heterocycles. The number of ether oxygens (including phenoxy) is 1. The lowest BCUT2D eigenvalue weighted by molar-refractivity contribution is 0.106. The topological polar surface area (TPSA) is 29.5 Å². The van der Waals surface area contributed by atoms with Crippen molar-refractivity contribution in [2.75, 3.05) is 13.2 Å². The van der Waals surface area contributed by atoms with E-state index in [0.717, 1.165) is 6.42 Å². The second-order valence-corrected chi connectivity index (χ2v) is 2.93. The molecule has 0 aliphatic carbocycles. The van der Waals surface area contributed by atoms with E-state index in [9.17, 15) is 4.79 Å². The van der Waals surface area contributed by atoms with Gasteiger partial charge in [0, 0.05) is 6.54 Å². The predicted octanol–water partition coefficient (Wildman–Crippen LogP) is 1.97. The number of hydrogen-bond acceptors (Lipinski definition) is 2. The summed E-state index contributed by atoms with van der Waals surface area (Å²) in [5.74, 6) is 0. The minimum Gasteiger partial charge on any atom is -0.450 e. The lowest BCUT2D eigenvalue weighted by Gasteiger charge is -2.26. The number of alkyl halides is 1. The van der Waals surface area contributed by atoms with Crippen molar-refractivity contribution in [3.63, 3.8) is 0 Å². The Morgan fingerprint density at radius 1 is 1.83 bits per heavy atom. The first kappa shape index (κ1) is 9.39. The zero-order chi connectivity index (χ0) is 8.97. The van der Waals surface area contributed by atoms with E-state index in [1.165, 1.54) is 4.90 Å². The molecular weight excluding hydrogens is 178 g/mol. The van der Waals surface area contributed by atoms with Crippen molar-refractivity contribution in [3.05, 3.63) is 12.2 Å². The maximum atomic E-state index is 11.2. The largest absolute Gasteiger partial charge is 0.450 e. The van der Waals surface area contributed by atoms with Gasteiger partial charge in [-0.1, -0.05) is 23.8 Å². The molecule has 3 nitrogen and oxygen atoms in total. The zero-order valence-electron chi connectivity index (χ0n) is 7.00. The molecule has 0 radical (unpaired) electrons. The average Bonchev–Trinajstić information content (AvgIpc) is 2.05. The molecule has 1 aliphatic rings. The number of carbonyl (C=O) groups is 1. The van der Waals surface area contributed by atoms with Crippen molar-refractivity contribution in [1.82, 2.24) is 4.90 Å². The van der Waals surface area contributed by atoms with Gasteiger partial charge in [0.25, 0.3) is 0 Å². The molecule has 12 heavy (non-hydrogen) atoms. The van der Waals surface area contributed by atoms with Crippen molar-refractivity contribution >= 4 is 17.7 Å². The van der Waals surface area contributed by atoms with Gasteiger partial charge in [-0.2, -0.15) is 0 Å². The smallest absolute Gasteiger partial charge is 0.411 e. The Morgan fingerprint density at radius 2 is 2.58 bits per heavy atom. The van der Waals surface area contributed by atoms with E-state index in [-0.39, 0.29) is 11.6 Å². The third-order valence-corrected chi connectivity index (χ3v) is 2.01. The molecule has 68 valence electrons. The second kappa shape index (κ2) is 4.36. The lowest BCUT2D eigenvalue weighted by Crippen LogP contribution is -2.39. The predicted molar refractivity (Wildman–Crippen MR) is 47.1 cm³/mol. The summed E-state index contributed by atoms with van der Waals surface area (Å²) in [6.45, 7) is 2.81. The fourth-order valence-electron chi connectivity index (χ4n) is 1.05. The van der Waals surface area contributed by atoms with Crippen LogP contribution in [0.25, 0.3) is 0 Å². The molecule has 0 fully saturated rings. The van der Waals surface area contributed by atoms with Crippen LogP contribution >= 0.6 is 11.6 Å². The van der Waals surface area contributed by atoms with Crippen molar-refractivity contribution in [2.24, 2.45) is 0 Å². The van der Waals surface area contributed by atoms with E-state index in [0.29, 0.717) is 13.2 Å². The summed E-state index contributed by atoms with van der Waals surface area (Å²) in [7, 11) is 0. The van der Waals surface area contributed by atoms with E-state index in [2.05, 4.69) is 0 Å². The molecule has 0 spiro atoms. The van der Waals surface area contributed by atoms with Crippen LogP contribution in [0, 0.1) is 0 Å². The van der Waals surface area contributed by atoms with E-state index < -0.39 is 0 Å². The molecule has 0 N–H and O–H groups in total. The Kier molecular flexibility index (Phi) is 3.41. The lowest BCUT2D eigenvalue weighted by atomic mass is 10.3. The SMILES string of the molecule is CCOC(=O)N1CCC=CC1Cl. The van der Waals surface area contributed by atoms with Crippen molar-refractivity contribution in [1.29, 1.82) is 0 Å². The van der Waals surface area contributed by atoms with Crippen LogP contribution in [0.1, 0.15) is 13.3 Å². The highest BCUT2D eigenvalue weighted by Crippen LogP contribution is 2.14. The van der Waals surface area contributed by atoms with Crippen LogP contribution in [-0.4, -0.2) is 29.6 Å². The van der Waals surface area contributed by atoms with Gasteiger partial charge in [-0.15, -0.1) is 0 Å². The Hall–Kier alpha value is -0.700. The van der Waals surface area contributed by atoms with E-state index in [1.54, 1.807) is 13.0 Å². The van der Waals surface area contributed by atoms with Crippen molar-refractivity contribution in [2.45, 2.75) is 18.8 Å². The monoisotopic (exact) mass is 189 g/mol. The highest BCUT2D eigenvalue weighted by atomic mass is 35.5. The highest BCUT2D eigenvalue weighted by Gasteiger charge is 2.22. The van der Waals surface area contributed by atoms with Crippen LogP contribution in [0.4, 0.5) is 4.79 Å². The number of nitrogens with zero attached hydrogens (tertiary/aromatic N) is 1. The molecule has 1 atom stereocenters. The summed E-state index contributed by atoms with van der Waals surface area (Å²) in [6.07, 6.45) is 4.28. The van der Waals surface area contributed by atoms with Gasteiger partial charge in [-0.25, -0.2) is 4.79 Å². The average molecular weight is 190 g/mol. The molecule has 1 aliphatic heterocycles. The molecule has 1 rings (SSSR count). The summed E-state index contributed by atoms with van der Waals surface area (Å²) in [6, 6.07) is 0. The Morgan fingerprint density at radius 3 is 3.17 bits per heavy atom. The van der Waals surface area contributed by atoms with Crippen LogP contribution in [0.3, 0.4) is 0 Å². The molecular formula is C8H12ClNO2. The summed E-state index contributed by atoms with van der Waals surface area (Å²) >= 11 is 5.85. The number of amides is 1. The molecule has 0 aromatic carbocycles. The summed E-state index contributed by atoms with van der Waals surface area (Å²) in [5, 5.41) is 0. The Labute approximate surface area is 76.9 Å². The molecule has 1 heterocycles. The van der Waals surface area contributed by atoms with E-state index in [4.69, 9.17) is 16.3 Å². The molecule has 4 heteroatoms. The minimum atomic E-state index is -0.349. The quantitative estimate of drug-likeness (QED) is 0.359. The normalized spacial score (nSPS) is 22.5. The maximum absolute atomic E-state index is 11.2. The van der Waals surface area contributed by atoms with Gasteiger partial charge in [-0.05, 0) is 13.3 Å². The number of rotatable bonds is 1. The minimum absolute atomic E-state index is 0.332. The first-order valence-electron chi connectivity index (χ1n) is 4.00. The molecule has 0 saturated heterocycles. The summed E-state index contributed by atoms with van der Waals surface area (Å²) < 4.78 is 4.82. The fraction of sp³-hybridized carbons (Fsp3) is 0.625. The van der Waals surface area contributed by atoms with Crippen molar-refractivity contribution in [3.8, 4) is 0 Å². The number of halogens is 1. The zero-order valence-corrected chi connectivity index (χ0v) is 7.75. The van der Waals surface area contributed by atoms with Gasteiger partial charge in [0.05, 0.1) is 6.61 Å². The third-order valence-electron chi connectivity index (χ3n) is 1.63. The van der Waals surface area contributed by atoms with Crippen LogP contribution in [0.2, 0.25) is 0 Å². The van der Waals surface area contributed by atoms with E-state index >= 15 is 0 Å². The van der Waals surface area contributed by atoms with Crippen molar-refractivity contribution < 1.29 is 9.53 Å². The summed E-state index contributed by atoms with van der Waals surface area (Å²) in [4.78, 5) is 12.7.